The van der Waals surface area contributed by atoms with Crippen molar-refractivity contribution in [2.24, 2.45) is 0 Å². The third-order valence-corrected chi connectivity index (χ3v) is 5.67. The molecule has 2 aromatic rings. The number of hydrogen-bond donors (Lipinski definition) is 1. The van der Waals surface area contributed by atoms with Crippen molar-refractivity contribution >= 4 is 21.6 Å². The van der Waals surface area contributed by atoms with Crippen LogP contribution in [-0.2, 0) is 19.6 Å². The molecule has 6 nitrogen and oxygen atoms in total. The van der Waals surface area contributed by atoms with Gasteiger partial charge in [0.15, 0.2) is 0 Å². The molecule has 2 aromatic carbocycles. The standard InChI is InChI=1S/C18H20N2O4S/c1-14-7-5-6-10-17(14)25(22,23)19-11-16-12-20(18(21)13-24-16)15-8-3-2-4-9-15/h2-10,16,19H,11-13H2,1H3. The number of aryl methyl sites for hydroxylation is 1. The van der Waals surface area contributed by atoms with E-state index in [1.54, 1.807) is 36.1 Å². The minimum atomic E-state index is -3.62. The lowest BCUT2D eigenvalue weighted by Gasteiger charge is -2.32. The van der Waals surface area contributed by atoms with Gasteiger partial charge in [-0.1, -0.05) is 36.4 Å². The first-order valence-electron chi connectivity index (χ1n) is 8.00. The van der Waals surface area contributed by atoms with Gasteiger partial charge in [0.1, 0.15) is 6.61 Å². The Morgan fingerprint density at radius 1 is 1.12 bits per heavy atom. The van der Waals surface area contributed by atoms with Crippen molar-refractivity contribution in [3.63, 3.8) is 0 Å². The maximum atomic E-state index is 12.5. The van der Waals surface area contributed by atoms with Crippen LogP contribution in [0.25, 0.3) is 0 Å². The summed E-state index contributed by atoms with van der Waals surface area (Å²) in [6, 6.07) is 16.1. The van der Waals surface area contributed by atoms with Gasteiger partial charge in [0.05, 0.1) is 17.5 Å². The molecular formula is C18H20N2O4S. The number of nitrogens with one attached hydrogen (secondary N) is 1. The summed E-state index contributed by atoms with van der Waals surface area (Å²) >= 11 is 0. The Kier molecular flexibility index (Phi) is 5.17. The molecule has 1 fully saturated rings. The summed E-state index contributed by atoms with van der Waals surface area (Å²) in [5.41, 5.74) is 1.46. The van der Waals surface area contributed by atoms with Crippen LogP contribution in [0, 0.1) is 6.92 Å². The molecule has 1 amide bonds. The molecule has 132 valence electrons. The first kappa shape index (κ1) is 17.6. The van der Waals surface area contributed by atoms with Crippen molar-refractivity contribution in [3.05, 3.63) is 60.2 Å². The van der Waals surface area contributed by atoms with E-state index in [1.807, 2.05) is 30.3 Å². The summed E-state index contributed by atoms with van der Waals surface area (Å²) in [4.78, 5) is 13.9. The Labute approximate surface area is 147 Å². The quantitative estimate of drug-likeness (QED) is 0.881. The highest BCUT2D eigenvalue weighted by Gasteiger charge is 2.28. The van der Waals surface area contributed by atoms with E-state index >= 15 is 0 Å². The van der Waals surface area contributed by atoms with Crippen LogP contribution < -0.4 is 9.62 Å². The third-order valence-electron chi connectivity index (χ3n) is 4.08. The van der Waals surface area contributed by atoms with Crippen LogP contribution >= 0.6 is 0 Å². The van der Waals surface area contributed by atoms with Gasteiger partial charge in [-0.25, -0.2) is 13.1 Å². The molecule has 1 saturated heterocycles. The van der Waals surface area contributed by atoms with E-state index in [-0.39, 0.29) is 24.0 Å². The topological polar surface area (TPSA) is 75.7 Å². The molecule has 1 aliphatic heterocycles. The van der Waals surface area contributed by atoms with Crippen molar-refractivity contribution in [1.29, 1.82) is 0 Å². The molecule has 7 heteroatoms. The van der Waals surface area contributed by atoms with Crippen LogP contribution in [-0.4, -0.2) is 40.1 Å². The van der Waals surface area contributed by atoms with Gasteiger partial charge in [-0.2, -0.15) is 0 Å². The molecule has 1 atom stereocenters. The molecule has 0 aromatic heterocycles. The fourth-order valence-electron chi connectivity index (χ4n) is 2.74. The van der Waals surface area contributed by atoms with E-state index in [0.717, 1.165) is 5.69 Å². The predicted octanol–water partition coefficient (Wildman–Crippen LogP) is 1.71. The first-order valence-corrected chi connectivity index (χ1v) is 9.48. The second-order valence-electron chi connectivity index (χ2n) is 5.89. The molecule has 0 saturated carbocycles. The molecular weight excluding hydrogens is 340 g/mol. The smallest absolute Gasteiger partial charge is 0.253 e. The molecule has 3 rings (SSSR count). The van der Waals surface area contributed by atoms with Crippen molar-refractivity contribution in [3.8, 4) is 0 Å². The van der Waals surface area contributed by atoms with Crippen molar-refractivity contribution in [1.82, 2.24) is 4.72 Å². The number of hydrogen-bond acceptors (Lipinski definition) is 4. The zero-order valence-electron chi connectivity index (χ0n) is 13.9. The van der Waals surface area contributed by atoms with Crippen molar-refractivity contribution < 1.29 is 17.9 Å². The van der Waals surface area contributed by atoms with E-state index in [0.29, 0.717) is 12.1 Å². The van der Waals surface area contributed by atoms with Gasteiger partial charge in [-0.15, -0.1) is 0 Å². The maximum absolute atomic E-state index is 12.5. The number of benzene rings is 2. The summed E-state index contributed by atoms with van der Waals surface area (Å²) in [5.74, 6) is -0.135. The van der Waals surface area contributed by atoms with Crippen LogP contribution in [0.2, 0.25) is 0 Å². The third kappa shape index (κ3) is 4.07. The van der Waals surface area contributed by atoms with Crippen LogP contribution in [0.3, 0.4) is 0 Å². The van der Waals surface area contributed by atoms with Gasteiger partial charge in [0.25, 0.3) is 5.91 Å². The summed E-state index contributed by atoms with van der Waals surface area (Å²) in [6.07, 6.45) is -0.406. The Morgan fingerprint density at radius 2 is 1.80 bits per heavy atom. The number of nitrogens with zero attached hydrogens (tertiary/aromatic N) is 1. The van der Waals surface area contributed by atoms with E-state index in [9.17, 15) is 13.2 Å². The largest absolute Gasteiger partial charge is 0.365 e. The average Bonchev–Trinajstić information content (AvgIpc) is 2.62. The Morgan fingerprint density at radius 3 is 2.52 bits per heavy atom. The number of ether oxygens (including phenoxy) is 1. The molecule has 1 aliphatic rings. The Hall–Kier alpha value is -2.22. The number of carbonyl (C=O) groups is 1. The number of sulfonamides is 1. The zero-order chi connectivity index (χ0) is 17.9. The second kappa shape index (κ2) is 7.35. The highest BCUT2D eigenvalue weighted by Crippen LogP contribution is 2.19. The first-order chi connectivity index (χ1) is 12.0. The van der Waals surface area contributed by atoms with Crippen LogP contribution in [0.15, 0.2) is 59.5 Å². The molecule has 1 N–H and O–H groups in total. The van der Waals surface area contributed by atoms with Gasteiger partial charge in [0.2, 0.25) is 10.0 Å². The van der Waals surface area contributed by atoms with Gasteiger partial charge in [0, 0.05) is 12.2 Å². The zero-order valence-corrected chi connectivity index (χ0v) is 14.7. The van der Waals surface area contributed by atoms with Gasteiger partial charge in [-0.3, -0.25) is 4.79 Å². The van der Waals surface area contributed by atoms with E-state index in [1.165, 1.54) is 0 Å². The lowest BCUT2D eigenvalue weighted by molar-refractivity contribution is -0.129. The Balaban J connectivity index is 1.67. The minimum absolute atomic E-state index is 0.0638. The number of morpholine rings is 1. The van der Waals surface area contributed by atoms with Crippen molar-refractivity contribution in [2.45, 2.75) is 17.9 Å². The summed E-state index contributed by atoms with van der Waals surface area (Å²) < 4.78 is 33.0. The van der Waals surface area contributed by atoms with E-state index in [2.05, 4.69) is 4.72 Å². The maximum Gasteiger partial charge on any atom is 0.253 e. The second-order valence-corrected chi connectivity index (χ2v) is 7.63. The van der Waals surface area contributed by atoms with Gasteiger partial charge in [-0.05, 0) is 30.7 Å². The summed E-state index contributed by atoms with van der Waals surface area (Å²) in [7, 11) is -3.62. The van der Waals surface area contributed by atoms with E-state index in [4.69, 9.17) is 4.74 Å². The SMILES string of the molecule is Cc1ccccc1S(=O)(=O)NCC1CN(c2ccccc2)C(=O)CO1. The highest BCUT2D eigenvalue weighted by molar-refractivity contribution is 7.89. The lowest BCUT2D eigenvalue weighted by atomic mass is 10.2. The molecule has 0 spiro atoms. The van der Waals surface area contributed by atoms with E-state index < -0.39 is 16.1 Å². The predicted molar refractivity (Wildman–Crippen MR) is 94.9 cm³/mol. The number of para-hydroxylation sites is 1. The minimum Gasteiger partial charge on any atom is -0.365 e. The summed E-state index contributed by atoms with van der Waals surface area (Å²) in [5, 5.41) is 0. The normalized spacial score (nSPS) is 18.4. The lowest BCUT2D eigenvalue weighted by Crippen LogP contribution is -2.50. The fraction of sp³-hybridized carbons (Fsp3) is 0.278. The van der Waals surface area contributed by atoms with Crippen LogP contribution in [0.4, 0.5) is 5.69 Å². The van der Waals surface area contributed by atoms with Crippen LogP contribution in [0.5, 0.6) is 0 Å². The number of anilines is 1. The monoisotopic (exact) mass is 360 g/mol. The Bertz CT molecular complexity index is 852. The average molecular weight is 360 g/mol. The van der Waals surface area contributed by atoms with Gasteiger partial charge >= 0.3 is 0 Å². The molecule has 0 bridgehead atoms. The molecule has 1 heterocycles. The number of rotatable bonds is 5. The molecule has 0 radical (unpaired) electrons. The fourth-order valence-corrected chi connectivity index (χ4v) is 4.05. The highest BCUT2D eigenvalue weighted by atomic mass is 32.2. The van der Waals surface area contributed by atoms with Crippen molar-refractivity contribution in [2.75, 3.05) is 24.6 Å². The number of carbonyl (C=O) groups excluding carboxylic acids is 1. The number of amides is 1. The van der Waals surface area contributed by atoms with Gasteiger partial charge < -0.3 is 9.64 Å². The molecule has 1 unspecified atom stereocenters. The van der Waals surface area contributed by atoms with Crippen LogP contribution in [0.1, 0.15) is 5.56 Å². The molecule has 0 aliphatic carbocycles. The summed E-state index contributed by atoms with van der Waals surface area (Å²) in [6.45, 7) is 2.10. The molecule has 25 heavy (non-hydrogen) atoms.